The van der Waals surface area contributed by atoms with Gasteiger partial charge in [-0.1, -0.05) is 6.92 Å². The van der Waals surface area contributed by atoms with Gasteiger partial charge in [0.25, 0.3) is 0 Å². The van der Waals surface area contributed by atoms with Crippen LogP contribution in [0.3, 0.4) is 0 Å². The first-order valence-corrected chi connectivity index (χ1v) is 9.43. The molecule has 0 aromatic heterocycles. The van der Waals surface area contributed by atoms with Gasteiger partial charge < -0.3 is 23.2 Å². The van der Waals surface area contributed by atoms with Gasteiger partial charge in [0.05, 0.1) is 18.8 Å². The molecule has 1 saturated heterocycles. The zero-order chi connectivity index (χ0) is 16.1. The molecule has 0 amide bonds. The SMILES string of the molecule is COP(=O)(OCC#N)O[C@@H]1[CH-]O[C@H](COP(C)(=O)[O-])C1C.[U]. The van der Waals surface area contributed by atoms with Crippen LogP contribution in [-0.4, -0.2) is 39.2 Å². The summed E-state index contributed by atoms with van der Waals surface area (Å²) < 4.78 is 47.5. The van der Waals surface area contributed by atoms with Gasteiger partial charge in [0.1, 0.15) is 14.2 Å². The zero-order valence-electron chi connectivity index (χ0n) is 12.3. The largest absolute Gasteiger partial charge is 0.779 e. The van der Waals surface area contributed by atoms with Gasteiger partial charge in [-0.2, -0.15) is 11.9 Å². The first-order chi connectivity index (χ1) is 9.71. The Morgan fingerprint density at radius 1 is 1.41 bits per heavy atom. The Labute approximate surface area is 153 Å². The maximum absolute atomic E-state index is 12.0. The normalized spacial score (nSPS) is 29.9. The van der Waals surface area contributed by atoms with Crippen molar-refractivity contribution in [2.45, 2.75) is 19.1 Å². The van der Waals surface area contributed by atoms with E-state index in [1.165, 1.54) is 6.61 Å². The summed E-state index contributed by atoms with van der Waals surface area (Å²) in [5.74, 6) is -0.342. The van der Waals surface area contributed by atoms with Gasteiger partial charge in [-0.3, -0.25) is 9.05 Å². The van der Waals surface area contributed by atoms with Crippen molar-refractivity contribution in [3.05, 3.63) is 6.61 Å². The molecule has 1 aliphatic rings. The van der Waals surface area contributed by atoms with Gasteiger partial charge >= 0.3 is 7.82 Å². The maximum atomic E-state index is 12.0. The third kappa shape index (κ3) is 7.55. The molecule has 5 atom stereocenters. The smallest absolute Gasteiger partial charge is 0.473 e. The van der Waals surface area contributed by atoms with Gasteiger partial charge in [0.2, 0.25) is 0 Å². The number of ether oxygens (including phenoxy) is 1. The van der Waals surface area contributed by atoms with E-state index in [1.807, 2.05) is 0 Å². The van der Waals surface area contributed by atoms with Crippen LogP contribution >= 0.6 is 15.4 Å². The average Bonchev–Trinajstić information content (AvgIpc) is 2.74. The number of phosphoric ester groups is 1. The summed E-state index contributed by atoms with van der Waals surface area (Å²) in [5.41, 5.74) is 0. The van der Waals surface area contributed by atoms with E-state index < -0.39 is 34.2 Å². The summed E-state index contributed by atoms with van der Waals surface area (Å²) in [6.45, 7) is 3.31. The topological polar surface area (TPSA) is 127 Å². The minimum atomic E-state index is -3.87. The van der Waals surface area contributed by atoms with Crippen LogP contribution in [0.15, 0.2) is 0 Å². The fourth-order valence-corrected chi connectivity index (χ4v) is 2.97. The molecule has 0 aromatic carbocycles. The molecule has 0 N–H and O–H groups in total. The molecule has 0 spiro atoms. The van der Waals surface area contributed by atoms with Crippen molar-refractivity contribution >= 4 is 15.4 Å². The number of nitriles is 1. The molecule has 1 fully saturated rings. The molecule has 12 heteroatoms. The third-order valence-electron chi connectivity index (χ3n) is 2.73. The number of rotatable bonds is 8. The Morgan fingerprint density at radius 2 is 2.05 bits per heavy atom. The summed E-state index contributed by atoms with van der Waals surface area (Å²) in [6.07, 6.45) is -1.32. The monoisotopic (exact) mass is 579 g/mol. The van der Waals surface area contributed by atoms with Gasteiger partial charge in [0, 0.05) is 44.9 Å². The van der Waals surface area contributed by atoms with E-state index in [2.05, 4.69) is 9.05 Å². The molecule has 1 aliphatic heterocycles. The van der Waals surface area contributed by atoms with Crippen molar-refractivity contribution in [2.75, 3.05) is 27.0 Å². The Hall–Kier alpha value is 0.762. The van der Waals surface area contributed by atoms with Crippen molar-refractivity contribution in [3.63, 3.8) is 0 Å². The molecule has 0 radical (unpaired) electrons. The standard InChI is InChI=1S/C10H18NO8P2.U/c1-8-9(7-18-20(3,12)13)16-6-10(8)19-21(14,15-2)17-5-4-11;/h6,8-10H,5,7H2,1-3H3,(H,12,13);/q-1;/p-1/t8?,9-,10-,21?;/m1./s1. The predicted molar refractivity (Wildman–Crippen MR) is 68.9 cm³/mol. The maximum Gasteiger partial charge on any atom is 0.473 e. The van der Waals surface area contributed by atoms with E-state index in [-0.39, 0.29) is 43.6 Å². The van der Waals surface area contributed by atoms with E-state index in [9.17, 15) is 14.0 Å². The molecule has 22 heavy (non-hydrogen) atoms. The van der Waals surface area contributed by atoms with Gasteiger partial charge in [-0.15, -0.1) is 0 Å². The fourth-order valence-electron chi connectivity index (χ4n) is 1.54. The van der Waals surface area contributed by atoms with E-state index >= 15 is 0 Å². The van der Waals surface area contributed by atoms with Crippen LogP contribution in [-0.2, 0) is 32.0 Å². The van der Waals surface area contributed by atoms with Gasteiger partial charge in [-0.25, -0.2) is 4.57 Å². The quantitative estimate of drug-likeness (QED) is 0.307. The van der Waals surface area contributed by atoms with Crippen LogP contribution in [0.25, 0.3) is 0 Å². The van der Waals surface area contributed by atoms with Crippen molar-refractivity contribution in [1.29, 1.82) is 5.26 Å². The summed E-state index contributed by atoms with van der Waals surface area (Å²) in [5, 5.41) is 8.41. The summed E-state index contributed by atoms with van der Waals surface area (Å²) in [4.78, 5) is 11.0. The number of phosphoric acid groups is 1. The van der Waals surface area contributed by atoms with Crippen molar-refractivity contribution in [3.8, 4) is 6.07 Å². The van der Waals surface area contributed by atoms with Crippen LogP contribution in [0, 0.1) is 55.0 Å². The molecular weight excluding hydrogens is 562 g/mol. The van der Waals surface area contributed by atoms with E-state index in [0.717, 1.165) is 13.8 Å². The van der Waals surface area contributed by atoms with Crippen molar-refractivity contribution < 1.29 is 68.0 Å². The summed E-state index contributed by atoms with van der Waals surface area (Å²) in [7, 11) is -6.59. The second-order valence-corrected chi connectivity index (χ2v) is 7.90. The molecule has 0 saturated carbocycles. The van der Waals surface area contributed by atoms with Crippen LogP contribution in [0.1, 0.15) is 6.92 Å². The molecule has 0 bridgehead atoms. The van der Waals surface area contributed by atoms with Crippen molar-refractivity contribution in [1.82, 2.24) is 0 Å². The second kappa shape index (κ2) is 9.91. The average molecular weight is 579 g/mol. The molecule has 0 aliphatic carbocycles. The molecular formula is C10H17NO8P2U-2. The molecule has 1 rings (SSSR count). The van der Waals surface area contributed by atoms with E-state index in [1.54, 1.807) is 13.0 Å². The van der Waals surface area contributed by atoms with Crippen LogP contribution in [0.4, 0.5) is 0 Å². The molecule has 0 aromatic rings. The molecule has 1 heterocycles. The van der Waals surface area contributed by atoms with Crippen LogP contribution in [0.5, 0.6) is 0 Å². The Morgan fingerprint density at radius 3 is 2.55 bits per heavy atom. The minimum Gasteiger partial charge on any atom is -0.779 e. The zero-order valence-corrected chi connectivity index (χ0v) is 18.3. The van der Waals surface area contributed by atoms with Crippen LogP contribution < -0.4 is 4.89 Å². The van der Waals surface area contributed by atoms with E-state index in [4.69, 9.17) is 19.0 Å². The van der Waals surface area contributed by atoms with Gasteiger partial charge in [-0.05, 0) is 12.0 Å². The fraction of sp³-hybridized carbons (Fsp3) is 0.800. The number of hydrogen-bond acceptors (Lipinski definition) is 9. The van der Waals surface area contributed by atoms with Gasteiger partial charge in [0.15, 0.2) is 0 Å². The predicted octanol–water partition coefficient (Wildman–Crippen LogP) is 1.06. The Kier molecular flexibility index (Phi) is 10.3. The summed E-state index contributed by atoms with van der Waals surface area (Å²) >= 11 is 0. The van der Waals surface area contributed by atoms with E-state index in [0.29, 0.717) is 0 Å². The number of hydrogen-bond donors (Lipinski definition) is 0. The first-order valence-electron chi connectivity index (χ1n) is 5.98. The van der Waals surface area contributed by atoms with Crippen molar-refractivity contribution in [2.24, 2.45) is 5.92 Å². The third-order valence-corrected chi connectivity index (χ3v) is 4.74. The molecule has 3 unspecified atom stereocenters. The van der Waals surface area contributed by atoms with Crippen LogP contribution in [0.2, 0.25) is 0 Å². The summed E-state index contributed by atoms with van der Waals surface area (Å²) in [6, 6.07) is 1.66. The molecule has 126 valence electrons. The first kappa shape index (κ1) is 22.8. The number of nitrogens with zero attached hydrogens (tertiary/aromatic N) is 1. The Balaban J connectivity index is 0.00000441. The minimum absolute atomic E-state index is 0. The Bertz CT molecular complexity index is 478. The second-order valence-electron chi connectivity index (χ2n) is 4.37. The molecule has 9 nitrogen and oxygen atoms in total.